The number of hydrogen-bond acceptors (Lipinski definition) is 1. The molecule has 0 amide bonds. The Hall–Kier alpha value is -0.530. The minimum Gasteiger partial charge on any atom is -0.312 e. The summed E-state index contributed by atoms with van der Waals surface area (Å²) in [6.45, 7) is 8.36. The van der Waals surface area contributed by atoms with Crippen LogP contribution in [-0.2, 0) is 6.54 Å². The Morgan fingerprint density at radius 1 is 1.27 bits per heavy atom. The number of nitrogens with one attached hydrogen (secondary N) is 1. The Labute approximate surface area is 97.8 Å². The van der Waals surface area contributed by atoms with Gasteiger partial charge in [0.05, 0.1) is 0 Å². The van der Waals surface area contributed by atoms with Crippen LogP contribution >= 0.6 is 11.6 Å². The summed E-state index contributed by atoms with van der Waals surface area (Å²) in [7, 11) is 0. The molecule has 1 aromatic rings. The molecule has 0 bridgehead atoms. The van der Waals surface area contributed by atoms with Crippen molar-refractivity contribution < 1.29 is 0 Å². The van der Waals surface area contributed by atoms with E-state index in [1.54, 1.807) is 0 Å². The second kappa shape index (κ2) is 6.14. The number of benzene rings is 1. The molecule has 0 saturated carbocycles. The van der Waals surface area contributed by atoms with Crippen LogP contribution in [0.15, 0.2) is 18.2 Å². The third kappa shape index (κ3) is 4.23. The van der Waals surface area contributed by atoms with E-state index >= 15 is 0 Å². The molecular formula is C13H20ClN. The number of hydrogen-bond donors (Lipinski definition) is 1. The molecule has 0 aliphatic rings. The fraction of sp³-hybridized carbons (Fsp3) is 0.538. The second-order valence-electron chi connectivity index (χ2n) is 4.31. The Kier molecular flexibility index (Phi) is 5.13. The molecule has 1 unspecified atom stereocenters. The normalized spacial score (nSPS) is 12.8. The number of aryl methyl sites for hydroxylation is 2. The highest BCUT2D eigenvalue weighted by molar-refractivity contribution is 6.18. The van der Waals surface area contributed by atoms with Gasteiger partial charge in [-0.2, -0.15) is 0 Å². The first-order chi connectivity index (χ1) is 7.13. The molecule has 0 aromatic heterocycles. The summed E-state index contributed by atoms with van der Waals surface area (Å²) < 4.78 is 0. The number of alkyl halides is 1. The average molecular weight is 226 g/mol. The molecule has 15 heavy (non-hydrogen) atoms. The van der Waals surface area contributed by atoms with Gasteiger partial charge in [-0.15, -0.1) is 11.6 Å². The van der Waals surface area contributed by atoms with Crippen molar-refractivity contribution in [2.24, 2.45) is 5.92 Å². The SMILES string of the molecule is Cc1ccc(CNCC(C)CCl)cc1C. The van der Waals surface area contributed by atoms with Gasteiger partial charge in [-0.05, 0) is 43.0 Å². The van der Waals surface area contributed by atoms with Gasteiger partial charge in [0, 0.05) is 12.4 Å². The summed E-state index contributed by atoms with van der Waals surface area (Å²) >= 11 is 5.74. The third-order valence-electron chi connectivity index (χ3n) is 2.66. The first-order valence-corrected chi connectivity index (χ1v) is 5.99. The Balaban J connectivity index is 2.41. The largest absolute Gasteiger partial charge is 0.312 e. The van der Waals surface area contributed by atoms with E-state index in [2.05, 4.69) is 44.3 Å². The van der Waals surface area contributed by atoms with E-state index in [1.807, 2.05) is 0 Å². The van der Waals surface area contributed by atoms with Gasteiger partial charge < -0.3 is 5.32 Å². The minimum atomic E-state index is 0.540. The second-order valence-corrected chi connectivity index (χ2v) is 4.62. The Morgan fingerprint density at radius 3 is 2.60 bits per heavy atom. The van der Waals surface area contributed by atoms with Crippen molar-refractivity contribution in [2.75, 3.05) is 12.4 Å². The van der Waals surface area contributed by atoms with Crippen molar-refractivity contribution in [3.05, 3.63) is 34.9 Å². The fourth-order valence-corrected chi connectivity index (χ4v) is 1.54. The van der Waals surface area contributed by atoms with Crippen molar-refractivity contribution in [1.29, 1.82) is 0 Å². The summed E-state index contributed by atoms with van der Waals surface area (Å²) in [6, 6.07) is 6.60. The summed E-state index contributed by atoms with van der Waals surface area (Å²) in [5, 5.41) is 3.41. The highest BCUT2D eigenvalue weighted by Crippen LogP contribution is 2.09. The number of rotatable bonds is 5. The smallest absolute Gasteiger partial charge is 0.0261 e. The monoisotopic (exact) mass is 225 g/mol. The molecule has 0 aliphatic heterocycles. The lowest BCUT2D eigenvalue weighted by atomic mass is 10.1. The molecule has 0 fully saturated rings. The third-order valence-corrected chi connectivity index (χ3v) is 3.18. The lowest BCUT2D eigenvalue weighted by molar-refractivity contribution is 0.557. The summed E-state index contributed by atoms with van der Waals surface area (Å²) in [5.74, 6) is 1.26. The zero-order chi connectivity index (χ0) is 11.3. The predicted octanol–water partition coefficient (Wildman–Crippen LogP) is 3.27. The van der Waals surface area contributed by atoms with E-state index in [0.717, 1.165) is 19.0 Å². The van der Waals surface area contributed by atoms with E-state index in [-0.39, 0.29) is 0 Å². The predicted molar refractivity (Wildman–Crippen MR) is 67.5 cm³/mol. The number of halogens is 1. The van der Waals surface area contributed by atoms with Crippen LogP contribution in [0.2, 0.25) is 0 Å². The lowest BCUT2D eigenvalue weighted by Crippen LogP contribution is -2.21. The van der Waals surface area contributed by atoms with Crippen molar-refractivity contribution in [1.82, 2.24) is 5.32 Å². The molecule has 1 aromatic carbocycles. The van der Waals surface area contributed by atoms with Crippen molar-refractivity contribution in [2.45, 2.75) is 27.3 Å². The summed E-state index contributed by atoms with van der Waals surface area (Å²) in [4.78, 5) is 0. The molecule has 1 N–H and O–H groups in total. The molecule has 0 heterocycles. The standard InChI is InChI=1S/C13H20ClN/c1-10(7-14)8-15-9-13-5-4-11(2)12(3)6-13/h4-6,10,15H,7-9H2,1-3H3. The van der Waals surface area contributed by atoms with Gasteiger partial charge in [0.2, 0.25) is 0 Å². The molecular weight excluding hydrogens is 206 g/mol. The fourth-order valence-electron chi connectivity index (χ4n) is 1.43. The lowest BCUT2D eigenvalue weighted by Gasteiger charge is -2.10. The van der Waals surface area contributed by atoms with Gasteiger partial charge >= 0.3 is 0 Å². The minimum absolute atomic E-state index is 0.540. The van der Waals surface area contributed by atoms with Gasteiger partial charge in [-0.3, -0.25) is 0 Å². The van der Waals surface area contributed by atoms with E-state index in [4.69, 9.17) is 11.6 Å². The highest BCUT2D eigenvalue weighted by Gasteiger charge is 2.00. The van der Waals surface area contributed by atoms with Crippen LogP contribution in [0.3, 0.4) is 0 Å². The molecule has 0 saturated heterocycles. The van der Waals surface area contributed by atoms with Crippen LogP contribution < -0.4 is 5.32 Å². The van der Waals surface area contributed by atoms with Crippen LogP contribution in [0.1, 0.15) is 23.6 Å². The summed E-state index contributed by atoms with van der Waals surface area (Å²) in [6.07, 6.45) is 0. The van der Waals surface area contributed by atoms with Crippen LogP contribution in [0.5, 0.6) is 0 Å². The molecule has 1 atom stereocenters. The molecule has 0 radical (unpaired) electrons. The maximum atomic E-state index is 5.74. The molecule has 1 nitrogen and oxygen atoms in total. The van der Waals surface area contributed by atoms with Gasteiger partial charge in [0.25, 0.3) is 0 Å². The van der Waals surface area contributed by atoms with Crippen molar-refractivity contribution in [3.63, 3.8) is 0 Å². The molecule has 0 aliphatic carbocycles. The van der Waals surface area contributed by atoms with Crippen molar-refractivity contribution in [3.8, 4) is 0 Å². The van der Waals surface area contributed by atoms with Gasteiger partial charge in [0.1, 0.15) is 0 Å². The van der Waals surface area contributed by atoms with E-state index in [0.29, 0.717) is 5.92 Å². The zero-order valence-electron chi connectivity index (χ0n) is 9.81. The molecule has 0 spiro atoms. The Bertz CT molecular complexity index is 309. The molecule has 84 valence electrons. The quantitative estimate of drug-likeness (QED) is 0.759. The topological polar surface area (TPSA) is 12.0 Å². The van der Waals surface area contributed by atoms with Crippen LogP contribution in [0.25, 0.3) is 0 Å². The zero-order valence-corrected chi connectivity index (χ0v) is 10.6. The van der Waals surface area contributed by atoms with E-state index in [9.17, 15) is 0 Å². The molecule has 2 heteroatoms. The first kappa shape index (κ1) is 12.5. The van der Waals surface area contributed by atoms with Gasteiger partial charge in [0.15, 0.2) is 0 Å². The maximum absolute atomic E-state index is 5.74. The van der Waals surface area contributed by atoms with Gasteiger partial charge in [-0.25, -0.2) is 0 Å². The summed E-state index contributed by atoms with van der Waals surface area (Å²) in [5.41, 5.74) is 4.06. The Morgan fingerprint density at radius 2 is 2.00 bits per heavy atom. The van der Waals surface area contributed by atoms with Crippen molar-refractivity contribution >= 4 is 11.6 Å². The average Bonchev–Trinajstić information content (AvgIpc) is 2.23. The first-order valence-electron chi connectivity index (χ1n) is 5.46. The highest BCUT2D eigenvalue weighted by atomic mass is 35.5. The van der Waals surface area contributed by atoms with Gasteiger partial charge in [-0.1, -0.05) is 25.1 Å². The van der Waals surface area contributed by atoms with E-state index in [1.165, 1.54) is 16.7 Å². The van der Waals surface area contributed by atoms with E-state index < -0.39 is 0 Å². The van der Waals surface area contributed by atoms with Crippen LogP contribution in [0, 0.1) is 19.8 Å². The molecule has 1 rings (SSSR count). The van der Waals surface area contributed by atoms with Crippen LogP contribution in [-0.4, -0.2) is 12.4 Å². The maximum Gasteiger partial charge on any atom is 0.0261 e. The van der Waals surface area contributed by atoms with Crippen LogP contribution in [0.4, 0.5) is 0 Å².